The Hall–Kier alpha value is -1.63. The molecule has 0 aromatic carbocycles. The lowest BCUT2D eigenvalue weighted by atomic mass is 9.92. The highest BCUT2D eigenvalue weighted by atomic mass is 16.3. The van der Waals surface area contributed by atoms with E-state index in [1.54, 1.807) is 31.0 Å². The highest BCUT2D eigenvalue weighted by Crippen LogP contribution is 2.22. The molecule has 1 amide bonds. The van der Waals surface area contributed by atoms with Crippen LogP contribution in [-0.4, -0.2) is 51.0 Å². The zero-order chi connectivity index (χ0) is 16.9. The van der Waals surface area contributed by atoms with Gasteiger partial charge in [-0.25, -0.2) is 0 Å². The molecule has 6 heteroatoms. The minimum absolute atomic E-state index is 0.192. The summed E-state index contributed by atoms with van der Waals surface area (Å²) in [5, 5.41) is 32.6. The van der Waals surface area contributed by atoms with Crippen molar-refractivity contribution in [2.24, 2.45) is 5.92 Å². The molecule has 1 aliphatic rings. The number of aliphatic hydroxyl groups is 3. The van der Waals surface area contributed by atoms with Crippen molar-refractivity contribution in [3.63, 3.8) is 0 Å². The zero-order valence-corrected chi connectivity index (χ0v) is 13.4. The first-order chi connectivity index (χ1) is 10.4. The fourth-order valence-corrected chi connectivity index (χ4v) is 2.44. The Morgan fingerprint density at radius 2 is 2.05 bits per heavy atom. The lowest BCUT2D eigenvalue weighted by Gasteiger charge is -2.38. The summed E-state index contributed by atoms with van der Waals surface area (Å²) >= 11 is 0. The van der Waals surface area contributed by atoms with Crippen molar-refractivity contribution in [2.45, 2.75) is 45.4 Å². The fraction of sp³-hybridized carbons (Fsp3) is 0.562. The van der Waals surface area contributed by atoms with Gasteiger partial charge in [0.15, 0.2) is 0 Å². The normalized spacial score (nSPS) is 22.6. The average molecular weight is 310 g/mol. The summed E-state index contributed by atoms with van der Waals surface area (Å²) in [6.45, 7) is 8.76. The minimum Gasteiger partial charge on any atom is -0.396 e. The van der Waals surface area contributed by atoms with E-state index in [0.29, 0.717) is 17.8 Å². The summed E-state index contributed by atoms with van der Waals surface area (Å²) in [6, 6.07) is -0.489. The van der Waals surface area contributed by atoms with Crippen LogP contribution in [0.1, 0.15) is 27.2 Å². The first kappa shape index (κ1) is 18.4. The molecule has 0 aliphatic carbocycles. The van der Waals surface area contributed by atoms with Crippen molar-refractivity contribution in [1.82, 2.24) is 10.2 Å². The number of hydrogen-bond acceptors (Lipinski definition) is 5. The van der Waals surface area contributed by atoms with E-state index in [1.165, 1.54) is 6.08 Å². The third kappa shape index (κ3) is 3.76. The first-order valence-corrected chi connectivity index (χ1v) is 7.48. The molecule has 4 N–H and O–H groups in total. The van der Waals surface area contributed by atoms with Crippen LogP contribution in [0.4, 0.5) is 0 Å². The maximum Gasteiger partial charge on any atom is 0.258 e. The van der Waals surface area contributed by atoms with E-state index in [-0.39, 0.29) is 12.5 Å². The van der Waals surface area contributed by atoms with Crippen LogP contribution < -0.4 is 5.32 Å². The first-order valence-electron chi connectivity index (χ1n) is 7.48. The maximum absolute atomic E-state index is 11.8. The van der Waals surface area contributed by atoms with Gasteiger partial charge in [0.1, 0.15) is 11.9 Å². The number of carbonyl (C=O) groups is 1. The number of amides is 1. The van der Waals surface area contributed by atoms with Gasteiger partial charge < -0.3 is 25.5 Å². The number of nitrogens with one attached hydrogen (secondary N) is 1. The van der Waals surface area contributed by atoms with Gasteiger partial charge in [-0.05, 0) is 26.3 Å². The molecule has 6 nitrogen and oxygen atoms in total. The molecule has 0 bridgehead atoms. The number of rotatable bonds is 7. The molecule has 1 aliphatic heterocycles. The fourth-order valence-electron chi connectivity index (χ4n) is 2.44. The molecule has 4 unspecified atom stereocenters. The Bertz CT molecular complexity index is 469. The van der Waals surface area contributed by atoms with Crippen molar-refractivity contribution >= 4 is 5.91 Å². The third-order valence-electron chi connectivity index (χ3n) is 4.08. The van der Waals surface area contributed by atoms with Crippen molar-refractivity contribution in [3.05, 3.63) is 36.3 Å². The summed E-state index contributed by atoms with van der Waals surface area (Å²) in [5.74, 6) is -0.122. The topological polar surface area (TPSA) is 93.0 Å². The number of carbonyl (C=O) groups excluding carboxylic acids is 1. The van der Waals surface area contributed by atoms with Gasteiger partial charge in [-0.3, -0.25) is 4.79 Å². The highest BCUT2D eigenvalue weighted by Gasteiger charge is 2.34. The van der Waals surface area contributed by atoms with Gasteiger partial charge in [-0.2, -0.15) is 0 Å². The second kappa shape index (κ2) is 8.12. The van der Waals surface area contributed by atoms with Crippen LogP contribution >= 0.6 is 0 Å². The van der Waals surface area contributed by atoms with Crippen LogP contribution in [0.25, 0.3) is 0 Å². The molecule has 1 heterocycles. The quantitative estimate of drug-likeness (QED) is 0.549. The van der Waals surface area contributed by atoms with Gasteiger partial charge >= 0.3 is 0 Å². The van der Waals surface area contributed by atoms with Crippen LogP contribution in [0.2, 0.25) is 0 Å². The molecule has 0 aromatic rings. The van der Waals surface area contributed by atoms with Gasteiger partial charge in [-0.1, -0.05) is 19.6 Å². The molecule has 0 fully saturated rings. The highest BCUT2D eigenvalue weighted by molar-refractivity contribution is 5.97. The van der Waals surface area contributed by atoms with E-state index in [2.05, 4.69) is 11.9 Å². The van der Waals surface area contributed by atoms with Crippen molar-refractivity contribution < 1.29 is 20.1 Å². The number of nitrogens with zero attached hydrogens (tertiary/aromatic N) is 1. The van der Waals surface area contributed by atoms with Gasteiger partial charge in [0.25, 0.3) is 5.91 Å². The van der Waals surface area contributed by atoms with E-state index >= 15 is 0 Å². The lowest BCUT2D eigenvalue weighted by Crippen LogP contribution is -2.51. The summed E-state index contributed by atoms with van der Waals surface area (Å²) in [6.07, 6.45) is 3.18. The Labute approximate surface area is 131 Å². The van der Waals surface area contributed by atoms with Gasteiger partial charge in [0, 0.05) is 18.7 Å². The van der Waals surface area contributed by atoms with E-state index in [1.807, 2.05) is 6.92 Å². The summed E-state index contributed by atoms with van der Waals surface area (Å²) in [5.41, 5.74) is 0.383. The minimum atomic E-state index is -1.08. The SMILES string of the molecule is C=CC1=CN(C(C)C(O)C(O)C(CC)CO)C(=CC)NC1=O. The summed E-state index contributed by atoms with van der Waals surface area (Å²) in [7, 11) is 0. The second-order valence-electron chi connectivity index (χ2n) is 5.40. The van der Waals surface area contributed by atoms with Crippen molar-refractivity contribution in [1.29, 1.82) is 0 Å². The molecule has 124 valence electrons. The molecule has 22 heavy (non-hydrogen) atoms. The molecule has 4 atom stereocenters. The predicted molar refractivity (Wildman–Crippen MR) is 84.4 cm³/mol. The largest absolute Gasteiger partial charge is 0.396 e. The van der Waals surface area contributed by atoms with Gasteiger partial charge in [0.05, 0.1) is 17.7 Å². The van der Waals surface area contributed by atoms with Crippen molar-refractivity contribution in [2.75, 3.05) is 6.61 Å². The van der Waals surface area contributed by atoms with E-state index in [0.717, 1.165) is 0 Å². The van der Waals surface area contributed by atoms with Gasteiger partial charge in [-0.15, -0.1) is 0 Å². The Balaban J connectivity index is 3.02. The van der Waals surface area contributed by atoms with Crippen LogP contribution in [0.5, 0.6) is 0 Å². The van der Waals surface area contributed by atoms with Crippen LogP contribution in [0.3, 0.4) is 0 Å². The third-order valence-corrected chi connectivity index (χ3v) is 4.08. The van der Waals surface area contributed by atoms with E-state index < -0.39 is 24.2 Å². The zero-order valence-electron chi connectivity index (χ0n) is 13.4. The smallest absolute Gasteiger partial charge is 0.258 e. The number of allylic oxidation sites excluding steroid dienone is 1. The second-order valence-corrected chi connectivity index (χ2v) is 5.40. The monoisotopic (exact) mass is 310 g/mol. The summed E-state index contributed by atoms with van der Waals surface area (Å²) < 4.78 is 0. The van der Waals surface area contributed by atoms with E-state index in [9.17, 15) is 20.1 Å². The van der Waals surface area contributed by atoms with Gasteiger partial charge in [0.2, 0.25) is 0 Å². The number of aliphatic hydroxyl groups excluding tert-OH is 3. The van der Waals surface area contributed by atoms with Crippen LogP contribution in [0, 0.1) is 5.92 Å². The molecule has 1 rings (SSSR count). The Morgan fingerprint density at radius 1 is 1.41 bits per heavy atom. The molecule has 0 saturated carbocycles. The average Bonchev–Trinajstić information content (AvgIpc) is 2.54. The maximum atomic E-state index is 11.8. The number of hydrogen-bond donors (Lipinski definition) is 4. The standard InChI is InChI=1S/C16H26N2O4/c1-5-11-8-18(13(7-3)17-16(11)22)10(4)14(20)15(21)12(6-2)9-19/h5,7-8,10,12,14-15,19-21H,1,6,9H2,2-4H3,(H,17,22). The lowest BCUT2D eigenvalue weighted by molar-refractivity contribution is -0.118. The van der Waals surface area contributed by atoms with Crippen LogP contribution in [-0.2, 0) is 4.79 Å². The predicted octanol–water partition coefficient (Wildman–Crippen LogP) is 0.478. The Kier molecular flexibility index (Phi) is 6.80. The molecule has 0 radical (unpaired) electrons. The van der Waals surface area contributed by atoms with E-state index in [4.69, 9.17) is 0 Å². The Morgan fingerprint density at radius 3 is 2.50 bits per heavy atom. The van der Waals surface area contributed by atoms with Crippen LogP contribution in [0.15, 0.2) is 36.3 Å². The van der Waals surface area contributed by atoms with Crippen molar-refractivity contribution in [3.8, 4) is 0 Å². The molecule has 0 saturated heterocycles. The summed E-state index contributed by atoms with van der Waals surface area (Å²) in [4.78, 5) is 13.5. The molecule has 0 spiro atoms. The molecular weight excluding hydrogens is 284 g/mol. The molecule has 0 aromatic heterocycles. The molecular formula is C16H26N2O4.